The van der Waals surface area contributed by atoms with Crippen molar-refractivity contribution in [2.45, 2.75) is 51.5 Å². The van der Waals surface area contributed by atoms with Crippen molar-refractivity contribution in [3.05, 3.63) is 29.8 Å². The molecule has 17 heavy (non-hydrogen) atoms. The Morgan fingerprint density at radius 2 is 2.00 bits per heavy atom. The van der Waals surface area contributed by atoms with Gasteiger partial charge in [0, 0.05) is 12.2 Å². The molecule has 0 fully saturated rings. The third kappa shape index (κ3) is 5.26. The topological polar surface area (TPSA) is 24.9 Å². The van der Waals surface area contributed by atoms with Gasteiger partial charge in [-0.15, -0.1) is 0 Å². The fraction of sp³-hybridized carbons (Fsp3) is 0.643. The molecule has 0 spiro atoms. The summed E-state index contributed by atoms with van der Waals surface area (Å²) in [6, 6.07) is 1.79. The van der Waals surface area contributed by atoms with E-state index in [4.69, 9.17) is 0 Å². The van der Waals surface area contributed by atoms with Gasteiger partial charge in [-0.3, -0.25) is 4.98 Å². The summed E-state index contributed by atoms with van der Waals surface area (Å²) in [6.07, 6.45) is 10.4. The van der Waals surface area contributed by atoms with Crippen molar-refractivity contribution < 1.29 is 4.39 Å². The van der Waals surface area contributed by atoms with Crippen molar-refractivity contribution in [3.63, 3.8) is 0 Å². The van der Waals surface area contributed by atoms with E-state index in [2.05, 4.69) is 17.2 Å². The van der Waals surface area contributed by atoms with Gasteiger partial charge in [-0.05, 0) is 25.1 Å². The molecule has 0 amide bonds. The Kier molecular flexibility index (Phi) is 6.78. The van der Waals surface area contributed by atoms with E-state index in [0.29, 0.717) is 0 Å². The average molecular weight is 238 g/mol. The van der Waals surface area contributed by atoms with Crippen molar-refractivity contribution in [2.75, 3.05) is 7.05 Å². The van der Waals surface area contributed by atoms with Crippen LogP contribution in [0, 0.1) is 5.82 Å². The average Bonchev–Trinajstić information content (AvgIpc) is 2.34. The van der Waals surface area contributed by atoms with E-state index in [9.17, 15) is 4.39 Å². The lowest BCUT2D eigenvalue weighted by Gasteiger charge is -2.16. The highest BCUT2D eigenvalue weighted by Gasteiger charge is 2.09. The van der Waals surface area contributed by atoms with E-state index in [-0.39, 0.29) is 11.9 Å². The number of hydrogen-bond acceptors (Lipinski definition) is 2. The highest BCUT2D eigenvalue weighted by atomic mass is 19.1. The van der Waals surface area contributed by atoms with Crippen LogP contribution in [0.1, 0.15) is 57.1 Å². The predicted octanol–water partition coefficient (Wildman–Crippen LogP) is 3.84. The van der Waals surface area contributed by atoms with Gasteiger partial charge < -0.3 is 5.32 Å². The zero-order valence-electron chi connectivity index (χ0n) is 10.9. The van der Waals surface area contributed by atoms with Crippen LogP contribution in [0.15, 0.2) is 18.5 Å². The van der Waals surface area contributed by atoms with Crippen LogP contribution < -0.4 is 5.32 Å². The minimum absolute atomic E-state index is 0.222. The van der Waals surface area contributed by atoms with E-state index in [1.807, 2.05) is 7.05 Å². The van der Waals surface area contributed by atoms with Gasteiger partial charge in [0.2, 0.25) is 0 Å². The predicted molar refractivity (Wildman–Crippen MR) is 69.4 cm³/mol. The van der Waals surface area contributed by atoms with Crippen molar-refractivity contribution in [1.29, 1.82) is 0 Å². The molecule has 96 valence electrons. The van der Waals surface area contributed by atoms with Crippen LogP contribution in [0.5, 0.6) is 0 Å². The third-order valence-corrected chi connectivity index (χ3v) is 3.07. The maximum Gasteiger partial charge on any atom is 0.141 e. The molecular weight excluding hydrogens is 215 g/mol. The molecule has 1 unspecified atom stereocenters. The lowest BCUT2D eigenvalue weighted by Crippen LogP contribution is -2.16. The van der Waals surface area contributed by atoms with Crippen LogP contribution >= 0.6 is 0 Å². The number of nitrogens with one attached hydrogen (secondary N) is 1. The third-order valence-electron chi connectivity index (χ3n) is 3.07. The fourth-order valence-electron chi connectivity index (χ4n) is 2.05. The molecule has 0 aliphatic heterocycles. The summed E-state index contributed by atoms with van der Waals surface area (Å²) in [5.41, 5.74) is 0.947. The zero-order chi connectivity index (χ0) is 12.5. The number of rotatable bonds is 8. The Hall–Kier alpha value is -0.960. The van der Waals surface area contributed by atoms with Gasteiger partial charge in [-0.25, -0.2) is 4.39 Å². The van der Waals surface area contributed by atoms with Crippen LogP contribution in [0.2, 0.25) is 0 Å². The first-order valence-electron chi connectivity index (χ1n) is 6.55. The van der Waals surface area contributed by atoms with Crippen molar-refractivity contribution in [1.82, 2.24) is 10.3 Å². The van der Waals surface area contributed by atoms with E-state index >= 15 is 0 Å². The lowest BCUT2D eigenvalue weighted by molar-refractivity contribution is 0.496. The van der Waals surface area contributed by atoms with Crippen LogP contribution in [-0.4, -0.2) is 12.0 Å². The Bertz CT molecular complexity index is 315. The number of aromatic nitrogens is 1. The number of nitrogens with zero attached hydrogens (tertiary/aromatic N) is 1. The maximum atomic E-state index is 13.1. The molecule has 3 heteroatoms. The molecule has 0 saturated carbocycles. The first kappa shape index (κ1) is 14.1. The molecule has 0 bridgehead atoms. The molecule has 1 aromatic rings. The molecule has 0 aliphatic carbocycles. The van der Waals surface area contributed by atoms with Gasteiger partial charge in [0.1, 0.15) is 5.82 Å². The first-order chi connectivity index (χ1) is 8.27. The standard InChI is InChI=1S/C14H23FN2/c1-3-4-5-6-7-8-14(16-2)12-9-13(15)11-17-10-12/h9-11,14,16H,3-8H2,1-2H3. The van der Waals surface area contributed by atoms with Gasteiger partial charge in [0.05, 0.1) is 6.20 Å². The SMILES string of the molecule is CCCCCCCC(NC)c1cncc(F)c1. The van der Waals surface area contributed by atoms with Gasteiger partial charge in [0.15, 0.2) is 0 Å². The lowest BCUT2D eigenvalue weighted by atomic mass is 10.0. The number of unbranched alkanes of at least 4 members (excludes halogenated alkanes) is 4. The fourth-order valence-corrected chi connectivity index (χ4v) is 2.05. The zero-order valence-corrected chi connectivity index (χ0v) is 10.9. The van der Waals surface area contributed by atoms with Crippen LogP contribution in [0.3, 0.4) is 0 Å². The minimum Gasteiger partial charge on any atom is -0.313 e. The van der Waals surface area contributed by atoms with Crippen molar-refractivity contribution in [3.8, 4) is 0 Å². The van der Waals surface area contributed by atoms with Gasteiger partial charge in [-0.2, -0.15) is 0 Å². The monoisotopic (exact) mass is 238 g/mol. The number of hydrogen-bond donors (Lipinski definition) is 1. The summed E-state index contributed by atoms with van der Waals surface area (Å²) in [4.78, 5) is 3.90. The van der Waals surface area contributed by atoms with Gasteiger partial charge in [0.25, 0.3) is 0 Å². The quantitative estimate of drug-likeness (QED) is 0.696. The molecule has 1 rings (SSSR count). The maximum absolute atomic E-state index is 13.1. The van der Waals surface area contributed by atoms with E-state index in [1.54, 1.807) is 12.3 Å². The smallest absolute Gasteiger partial charge is 0.141 e. The largest absolute Gasteiger partial charge is 0.313 e. The Morgan fingerprint density at radius 3 is 2.65 bits per heavy atom. The summed E-state index contributed by atoms with van der Waals surface area (Å²) in [5, 5.41) is 3.23. The van der Waals surface area contributed by atoms with Crippen LogP contribution in [0.25, 0.3) is 0 Å². The Labute approximate surface area is 104 Å². The summed E-state index contributed by atoms with van der Waals surface area (Å²) in [6.45, 7) is 2.22. The summed E-state index contributed by atoms with van der Waals surface area (Å²) < 4.78 is 13.1. The molecule has 0 radical (unpaired) electrons. The Morgan fingerprint density at radius 1 is 1.24 bits per heavy atom. The minimum atomic E-state index is -0.256. The molecule has 1 heterocycles. The molecule has 1 N–H and O–H groups in total. The molecule has 1 aromatic heterocycles. The normalized spacial score (nSPS) is 12.6. The van der Waals surface area contributed by atoms with Crippen LogP contribution in [-0.2, 0) is 0 Å². The molecule has 1 atom stereocenters. The highest BCUT2D eigenvalue weighted by Crippen LogP contribution is 2.19. The van der Waals surface area contributed by atoms with Crippen molar-refractivity contribution >= 4 is 0 Å². The summed E-state index contributed by atoms with van der Waals surface area (Å²) in [7, 11) is 1.92. The molecule has 0 aromatic carbocycles. The molecule has 0 aliphatic rings. The van der Waals surface area contributed by atoms with E-state index in [1.165, 1.54) is 38.3 Å². The van der Waals surface area contributed by atoms with E-state index < -0.39 is 0 Å². The number of halogens is 1. The van der Waals surface area contributed by atoms with E-state index in [0.717, 1.165) is 12.0 Å². The molecule has 0 saturated heterocycles. The second-order valence-corrected chi connectivity index (χ2v) is 4.48. The first-order valence-corrected chi connectivity index (χ1v) is 6.55. The van der Waals surface area contributed by atoms with Gasteiger partial charge >= 0.3 is 0 Å². The Balaban J connectivity index is 2.38. The van der Waals surface area contributed by atoms with Crippen molar-refractivity contribution in [2.24, 2.45) is 0 Å². The second-order valence-electron chi connectivity index (χ2n) is 4.48. The van der Waals surface area contributed by atoms with Crippen LogP contribution in [0.4, 0.5) is 4.39 Å². The summed E-state index contributed by atoms with van der Waals surface area (Å²) in [5.74, 6) is -0.256. The second kappa shape index (κ2) is 8.18. The molecule has 2 nitrogen and oxygen atoms in total. The molecular formula is C14H23FN2. The number of pyridine rings is 1. The highest BCUT2D eigenvalue weighted by molar-refractivity contribution is 5.14. The van der Waals surface area contributed by atoms with Gasteiger partial charge in [-0.1, -0.05) is 39.0 Å². The summed E-state index contributed by atoms with van der Waals surface area (Å²) >= 11 is 0.